The monoisotopic (exact) mass is 456 g/mol. The summed E-state index contributed by atoms with van der Waals surface area (Å²) >= 11 is 0. The molecule has 1 aliphatic rings. The van der Waals surface area contributed by atoms with Gasteiger partial charge in [0.1, 0.15) is 11.3 Å². The van der Waals surface area contributed by atoms with Gasteiger partial charge in [-0.25, -0.2) is 13.2 Å². The van der Waals surface area contributed by atoms with Crippen molar-refractivity contribution in [1.82, 2.24) is 9.21 Å². The van der Waals surface area contributed by atoms with E-state index >= 15 is 0 Å². The van der Waals surface area contributed by atoms with Crippen molar-refractivity contribution in [2.75, 3.05) is 32.8 Å². The molecule has 1 amide bonds. The SMILES string of the molecule is Cc1cc(=O)oc2cc(OCC(=O)N3CCN(S(=O)(=O)Cc4ccccc4)CC3)ccc12. The van der Waals surface area contributed by atoms with E-state index in [0.717, 1.165) is 16.5 Å². The Kier molecular flexibility index (Phi) is 6.29. The second-order valence-corrected chi connectivity index (χ2v) is 9.69. The van der Waals surface area contributed by atoms with Crippen molar-refractivity contribution in [2.45, 2.75) is 12.7 Å². The third kappa shape index (κ3) is 5.00. The van der Waals surface area contributed by atoms with Crippen LogP contribution in [0.5, 0.6) is 5.75 Å². The number of ether oxygens (including phenoxy) is 1. The quantitative estimate of drug-likeness (QED) is 0.528. The van der Waals surface area contributed by atoms with Crippen molar-refractivity contribution in [3.8, 4) is 5.75 Å². The molecule has 0 atom stereocenters. The molecule has 0 spiro atoms. The van der Waals surface area contributed by atoms with E-state index in [1.54, 1.807) is 35.2 Å². The molecule has 2 heterocycles. The molecule has 3 aromatic rings. The number of piperazine rings is 1. The smallest absolute Gasteiger partial charge is 0.336 e. The summed E-state index contributed by atoms with van der Waals surface area (Å²) in [5, 5.41) is 0.802. The predicted octanol–water partition coefficient (Wildman–Crippen LogP) is 2.15. The van der Waals surface area contributed by atoms with Gasteiger partial charge in [0, 0.05) is 43.7 Å². The molecule has 0 N–H and O–H groups in total. The first-order valence-electron chi connectivity index (χ1n) is 10.3. The molecule has 1 saturated heterocycles. The number of fused-ring (bicyclic) bond motifs is 1. The zero-order chi connectivity index (χ0) is 22.7. The zero-order valence-electron chi connectivity index (χ0n) is 17.7. The lowest BCUT2D eigenvalue weighted by atomic mass is 10.1. The minimum Gasteiger partial charge on any atom is -0.484 e. The third-order valence-corrected chi connectivity index (χ3v) is 7.31. The maximum atomic E-state index is 12.7. The van der Waals surface area contributed by atoms with Crippen molar-refractivity contribution in [2.24, 2.45) is 0 Å². The average molecular weight is 457 g/mol. The lowest BCUT2D eigenvalue weighted by Gasteiger charge is -2.34. The molecule has 32 heavy (non-hydrogen) atoms. The molecule has 1 fully saturated rings. The summed E-state index contributed by atoms with van der Waals surface area (Å²) in [5.41, 5.74) is 1.50. The van der Waals surface area contributed by atoms with E-state index in [9.17, 15) is 18.0 Å². The highest BCUT2D eigenvalue weighted by atomic mass is 32.2. The van der Waals surface area contributed by atoms with Crippen LogP contribution in [-0.4, -0.2) is 56.3 Å². The highest BCUT2D eigenvalue weighted by molar-refractivity contribution is 7.88. The van der Waals surface area contributed by atoms with E-state index in [4.69, 9.17) is 9.15 Å². The van der Waals surface area contributed by atoms with Crippen molar-refractivity contribution < 1.29 is 22.4 Å². The van der Waals surface area contributed by atoms with Crippen LogP contribution < -0.4 is 10.4 Å². The van der Waals surface area contributed by atoms with Crippen LogP contribution in [0.15, 0.2) is 63.8 Å². The van der Waals surface area contributed by atoms with Gasteiger partial charge < -0.3 is 14.1 Å². The van der Waals surface area contributed by atoms with Crippen LogP contribution in [0.4, 0.5) is 0 Å². The number of hydrogen-bond acceptors (Lipinski definition) is 6. The Labute approximate surface area is 186 Å². The van der Waals surface area contributed by atoms with Gasteiger partial charge in [-0.2, -0.15) is 4.31 Å². The molecule has 0 unspecified atom stereocenters. The van der Waals surface area contributed by atoms with Crippen molar-refractivity contribution in [3.05, 3.63) is 76.1 Å². The highest BCUT2D eigenvalue weighted by Gasteiger charge is 2.29. The lowest BCUT2D eigenvalue weighted by Crippen LogP contribution is -2.51. The van der Waals surface area contributed by atoms with Crippen LogP contribution in [-0.2, 0) is 20.6 Å². The molecule has 1 aromatic heterocycles. The molecule has 0 radical (unpaired) electrons. The van der Waals surface area contributed by atoms with Crippen molar-refractivity contribution in [1.29, 1.82) is 0 Å². The van der Waals surface area contributed by atoms with Crippen LogP contribution in [0, 0.1) is 6.92 Å². The van der Waals surface area contributed by atoms with Gasteiger partial charge >= 0.3 is 5.63 Å². The Morgan fingerprint density at radius 3 is 2.47 bits per heavy atom. The van der Waals surface area contributed by atoms with E-state index in [1.807, 2.05) is 25.1 Å². The molecule has 0 bridgehead atoms. The molecule has 1 aliphatic heterocycles. The molecule has 168 valence electrons. The summed E-state index contributed by atoms with van der Waals surface area (Å²) in [6, 6.07) is 15.6. The fourth-order valence-corrected chi connectivity index (χ4v) is 5.24. The highest BCUT2D eigenvalue weighted by Crippen LogP contribution is 2.22. The number of benzene rings is 2. The van der Waals surface area contributed by atoms with Crippen LogP contribution in [0.1, 0.15) is 11.1 Å². The predicted molar refractivity (Wildman–Crippen MR) is 120 cm³/mol. The lowest BCUT2D eigenvalue weighted by molar-refractivity contribution is -0.134. The van der Waals surface area contributed by atoms with Crippen LogP contribution in [0.3, 0.4) is 0 Å². The van der Waals surface area contributed by atoms with Crippen LogP contribution in [0.25, 0.3) is 11.0 Å². The van der Waals surface area contributed by atoms with Gasteiger partial charge in [-0.15, -0.1) is 0 Å². The second kappa shape index (κ2) is 9.13. The fraction of sp³-hybridized carbons (Fsp3) is 0.304. The van der Waals surface area contributed by atoms with Crippen molar-refractivity contribution in [3.63, 3.8) is 0 Å². The second-order valence-electron chi connectivity index (χ2n) is 7.72. The number of nitrogens with zero attached hydrogens (tertiary/aromatic N) is 2. The molecule has 0 aliphatic carbocycles. The van der Waals surface area contributed by atoms with E-state index in [0.29, 0.717) is 24.4 Å². The van der Waals surface area contributed by atoms with Gasteiger partial charge in [-0.3, -0.25) is 4.79 Å². The standard InChI is InChI=1S/C23H24N2O6S/c1-17-13-23(27)31-21-14-19(7-8-20(17)21)30-15-22(26)24-9-11-25(12-10-24)32(28,29)16-18-5-3-2-4-6-18/h2-8,13-14H,9-12,15-16H2,1H3. The Morgan fingerprint density at radius 2 is 1.75 bits per heavy atom. The van der Waals surface area contributed by atoms with E-state index in [-0.39, 0.29) is 31.4 Å². The number of sulfonamides is 1. The Hall–Kier alpha value is -3.17. The van der Waals surface area contributed by atoms with E-state index in [2.05, 4.69) is 0 Å². The molecule has 2 aromatic carbocycles. The summed E-state index contributed by atoms with van der Waals surface area (Å²) in [7, 11) is -3.44. The number of carbonyl (C=O) groups is 1. The van der Waals surface area contributed by atoms with E-state index in [1.165, 1.54) is 10.4 Å². The summed E-state index contributed by atoms with van der Waals surface area (Å²) in [6.45, 7) is 2.76. The topological polar surface area (TPSA) is 97.1 Å². The molecule has 0 saturated carbocycles. The number of aryl methyl sites for hydroxylation is 1. The molecular formula is C23H24N2O6S. The first-order chi connectivity index (χ1) is 15.3. The maximum absolute atomic E-state index is 12.7. The van der Waals surface area contributed by atoms with Gasteiger partial charge in [0.15, 0.2) is 6.61 Å². The Bertz CT molecular complexity index is 1280. The summed E-state index contributed by atoms with van der Waals surface area (Å²) in [6.07, 6.45) is 0. The van der Waals surface area contributed by atoms with Gasteiger partial charge in [0.05, 0.1) is 5.75 Å². The fourth-order valence-electron chi connectivity index (χ4n) is 3.72. The number of carbonyl (C=O) groups excluding carboxylic acids is 1. The molecule has 9 heteroatoms. The van der Waals surface area contributed by atoms with Gasteiger partial charge in [0.2, 0.25) is 10.0 Å². The molecule has 8 nitrogen and oxygen atoms in total. The Morgan fingerprint density at radius 1 is 1.03 bits per heavy atom. The normalized spacial score (nSPS) is 15.1. The molecular weight excluding hydrogens is 432 g/mol. The first-order valence-corrected chi connectivity index (χ1v) is 11.9. The summed E-state index contributed by atoms with van der Waals surface area (Å²) in [5.74, 6) is 0.141. The van der Waals surface area contributed by atoms with Crippen LogP contribution in [0.2, 0.25) is 0 Å². The summed E-state index contributed by atoms with van der Waals surface area (Å²) < 4.78 is 37.6. The van der Waals surface area contributed by atoms with Gasteiger partial charge in [-0.05, 0) is 30.2 Å². The third-order valence-electron chi connectivity index (χ3n) is 5.46. The number of rotatable bonds is 6. The van der Waals surface area contributed by atoms with Crippen molar-refractivity contribution >= 4 is 26.9 Å². The minimum atomic E-state index is -3.44. The average Bonchev–Trinajstić information content (AvgIpc) is 2.77. The Balaban J connectivity index is 1.32. The number of hydrogen-bond donors (Lipinski definition) is 0. The van der Waals surface area contributed by atoms with E-state index < -0.39 is 15.6 Å². The molecule has 4 rings (SSSR count). The first kappa shape index (κ1) is 22.0. The maximum Gasteiger partial charge on any atom is 0.336 e. The van der Waals surface area contributed by atoms with Gasteiger partial charge in [0.25, 0.3) is 5.91 Å². The summed E-state index contributed by atoms with van der Waals surface area (Å²) in [4.78, 5) is 25.7. The zero-order valence-corrected chi connectivity index (χ0v) is 18.5. The number of amides is 1. The largest absolute Gasteiger partial charge is 0.484 e. The van der Waals surface area contributed by atoms with Crippen LogP contribution >= 0.6 is 0 Å². The van der Waals surface area contributed by atoms with Gasteiger partial charge in [-0.1, -0.05) is 30.3 Å². The minimum absolute atomic E-state index is 0.0531.